The lowest BCUT2D eigenvalue weighted by Crippen LogP contribution is -2.40. The van der Waals surface area contributed by atoms with Crippen molar-refractivity contribution < 1.29 is 4.79 Å². The Hall–Kier alpha value is -1.90. The quantitative estimate of drug-likeness (QED) is 0.420. The molecule has 1 aromatic heterocycles. The molecule has 1 fully saturated rings. The number of carbonyl (C=O) groups excluding carboxylic acids is 1. The van der Waals surface area contributed by atoms with Gasteiger partial charge in [-0.15, -0.1) is 0 Å². The van der Waals surface area contributed by atoms with Crippen LogP contribution in [0.4, 0.5) is 0 Å². The summed E-state index contributed by atoms with van der Waals surface area (Å²) in [6.45, 7) is 4.36. The second kappa shape index (κ2) is 11.8. The zero-order valence-electron chi connectivity index (χ0n) is 17.8. The number of imidazole rings is 1. The molecule has 6 nitrogen and oxygen atoms in total. The van der Waals surface area contributed by atoms with Crippen LogP contribution in [0.2, 0.25) is 10.0 Å². The summed E-state index contributed by atoms with van der Waals surface area (Å²) in [4.78, 5) is 14.6. The average molecular weight is 539 g/mol. The van der Waals surface area contributed by atoms with Gasteiger partial charge >= 0.3 is 0 Å². The van der Waals surface area contributed by atoms with Crippen LogP contribution in [0, 0.1) is 6.92 Å². The molecule has 1 amide bonds. The van der Waals surface area contributed by atoms with Gasteiger partial charge in [0, 0.05) is 40.4 Å². The fourth-order valence-electron chi connectivity index (χ4n) is 3.62. The molecule has 0 unspecified atom stereocenters. The lowest BCUT2D eigenvalue weighted by Gasteiger charge is -2.24. The Labute approximate surface area is 206 Å². The van der Waals surface area contributed by atoms with Crippen molar-refractivity contribution in [1.29, 1.82) is 0 Å². The largest absolute Gasteiger partial charge is 0.325 e. The summed E-state index contributed by atoms with van der Waals surface area (Å²) in [5, 5.41) is 3.11. The molecule has 4 rings (SSSR count). The first kappa shape index (κ1) is 24.7. The first-order chi connectivity index (χ1) is 15.4. The zero-order valence-corrected chi connectivity index (χ0v) is 20.9. The number of rotatable bonds is 5. The standard InChI is InChI=1S/C17H14BrCl2N3.C6H12N2O/c1-10-16(9-21)23(13-5-2-11(18)3-6-13)17(22-10)14-7-4-12(19)8-15(14)20;9-6-7-8-4-2-1-3-5-8/h2-8H,9,21H2,1H3;6H,1-5H2,(H,7,9). The smallest absolute Gasteiger partial charge is 0.221 e. The van der Waals surface area contributed by atoms with Crippen molar-refractivity contribution in [2.45, 2.75) is 32.7 Å². The molecule has 1 saturated heterocycles. The van der Waals surface area contributed by atoms with Gasteiger partial charge < -0.3 is 5.73 Å². The summed E-state index contributed by atoms with van der Waals surface area (Å²) in [6, 6.07) is 13.4. The van der Waals surface area contributed by atoms with Gasteiger partial charge in [-0.2, -0.15) is 0 Å². The minimum absolute atomic E-state index is 0.389. The van der Waals surface area contributed by atoms with E-state index in [-0.39, 0.29) is 0 Å². The van der Waals surface area contributed by atoms with Gasteiger partial charge in [0.2, 0.25) is 6.41 Å². The van der Waals surface area contributed by atoms with Crippen LogP contribution in [0.15, 0.2) is 46.9 Å². The maximum Gasteiger partial charge on any atom is 0.221 e. The van der Waals surface area contributed by atoms with Gasteiger partial charge in [0.15, 0.2) is 0 Å². The third-order valence-electron chi connectivity index (χ3n) is 5.21. The fourth-order valence-corrected chi connectivity index (χ4v) is 4.38. The first-order valence-corrected chi connectivity index (χ1v) is 11.9. The van der Waals surface area contributed by atoms with Crippen LogP contribution >= 0.6 is 39.1 Å². The van der Waals surface area contributed by atoms with E-state index >= 15 is 0 Å². The minimum Gasteiger partial charge on any atom is -0.325 e. The molecule has 0 saturated carbocycles. The Balaban J connectivity index is 0.000000269. The molecular formula is C23H26BrCl2N5O. The van der Waals surface area contributed by atoms with Crippen molar-refractivity contribution in [1.82, 2.24) is 20.0 Å². The Morgan fingerprint density at radius 1 is 1.12 bits per heavy atom. The van der Waals surface area contributed by atoms with E-state index in [0.717, 1.165) is 52.4 Å². The number of piperidine rings is 1. The van der Waals surface area contributed by atoms with Gasteiger partial charge in [-0.1, -0.05) is 45.6 Å². The van der Waals surface area contributed by atoms with Gasteiger partial charge in [0.25, 0.3) is 0 Å². The molecule has 170 valence electrons. The minimum atomic E-state index is 0.389. The predicted octanol–water partition coefficient (Wildman–Crippen LogP) is 5.51. The molecule has 0 bridgehead atoms. The van der Waals surface area contributed by atoms with Gasteiger partial charge in [-0.25, -0.2) is 9.99 Å². The normalized spacial score (nSPS) is 13.9. The molecule has 3 aromatic rings. The molecule has 2 aromatic carbocycles. The first-order valence-electron chi connectivity index (χ1n) is 10.4. The topological polar surface area (TPSA) is 76.2 Å². The third kappa shape index (κ3) is 6.11. The van der Waals surface area contributed by atoms with E-state index in [1.165, 1.54) is 19.3 Å². The number of halogens is 3. The molecule has 3 N–H and O–H groups in total. The summed E-state index contributed by atoms with van der Waals surface area (Å²) in [7, 11) is 0. The Bertz CT molecular complexity index is 1050. The number of aromatic nitrogens is 2. The molecule has 9 heteroatoms. The molecule has 32 heavy (non-hydrogen) atoms. The van der Waals surface area contributed by atoms with Crippen molar-refractivity contribution in [3.05, 3.63) is 68.4 Å². The highest BCUT2D eigenvalue weighted by atomic mass is 79.9. The van der Waals surface area contributed by atoms with E-state index in [1.54, 1.807) is 12.1 Å². The zero-order chi connectivity index (χ0) is 23.1. The van der Waals surface area contributed by atoms with Crippen molar-refractivity contribution in [3.63, 3.8) is 0 Å². The highest BCUT2D eigenvalue weighted by Gasteiger charge is 2.18. The third-order valence-corrected chi connectivity index (χ3v) is 6.29. The number of amides is 1. The molecule has 0 aliphatic carbocycles. The van der Waals surface area contributed by atoms with Crippen LogP contribution in [0.5, 0.6) is 0 Å². The number of nitrogens with zero attached hydrogens (tertiary/aromatic N) is 3. The fraction of sp³-hybridized carbons (Fsp3) is 0.304. The van der Waals surface area contributed by atoms with E-state index in [1.807, 2.05) is 46.8 Å². The average Bonchev–Trinajstić information content (AvgIpc) is 3.11. The van der Waals surface area contributed by atoms with E-state index in [0.29, 0.717) is 16.6 Å². The van der Waals surface area contributed by atoms with Crippen LogP contribution in [0.3, 0.4) is 0 Å². The molecule has 1 aliphatic rings. The van der Waals surface area contributed by atoms with Crippen molar-refractivity contribution in [2.75, 3.05) is 13.1 Å². The van der Waals surface area contributed by atoms with Crippen molar-refractivity contribution >= 4 is 45.5 Å². The van der Waals surface area contributed by atoms with Crippen LogP contribution < -0.4 is 11.2 Å². The SMILES string of the molecule is Cc1nc(-c2ccc(Cl)cc2Cl)n(-c2ccc(Br)cc2)c1CN.O=CNN1CCCCC1. The monoisotopic (exact) mass is 537 g/mol. The van der Waals surface area contributed by atoms with Gasteiger partial charge in [0.1, 0.15) is 5.82 Å². The lowest BCUT2D eigenvalue weighted by molar-refractivity contribution is -0.114. The number of nitrogens with two attached hydrogens (primary N) is 1. The number of carbonyl (C=O) groups is 1. The second-order valence-electron chi connectivity index (χ2n) is 7.40. The lowest BCUT2D eigenvalue weighted by atomic mass is 10.2. The number of nitrogens with one attached hydrogen (secondary N) is 1. The summed E-state index contributed by atoms with van der Waals surface area (Å²) in [5.74, 6) is 0.756. The van der Waals surface area contributed by atoms with Crippen LogP contribution in [-0.2, 0) is 11.3 Å². The van der Waals surface area contributed by atoms with E-state index in [9.17, 15) is 4.79 Å². The Morgan fingerprint density at radius 2 is 1.81 bits per heavy atom. The van der Waals surface area contributed by atoms with Gasteiger partial charge in [-0.05, 0) is 62.2 Å². The number of hydrogen-bond donors (Lipinski definition) is 2. The molecule has 1 aliphatic heterocycles. The van der Waals surface area contributed by atoms with Gasteiger partial charge in [-0.3, -0.25) is 14.8 Å². The summed E-state index contributed by atoms with van der Waals surface area (Å²) >= 11 is 15.8. The Kier molecular flexibility index (Phi) is 9.13. The highest BCUT2D eigenvalue weighted by molar-refractivity contribution is 9.10. The van der Waals surface area contributed by atoms with E-state index < -0.39 is 0 Å². The summed E-state index contributed by atoms with van der Waals surface area (Å²) in [6.07, 6.45) is 4.46. The van der Waals surface area contributed by atoms with Crippen LogP contribution in [0.25, 0.3) is 17.1 Å². The molecule has 0 atom stereocenters. The van der Waals surface area contributed by atoms with Crippen molar-refractivity contribution in [2.24, 2.45) is 5.73 Å². The summed E-state index contributed by atoms with van der Waals surface area (Å²) in [5.41, 5.74) is 12.2. The molecular weight excluding hydrogens is 513 g/mol. The number of benzene rings is 2. The number of hydrogen-bond acceptors (Lipinski definition) is 4. The molecule has 0 spiro atoms. The summed E-state index contributed by atoms with van der Waals surface area (Å²) < 4.78 is 3.05. The molecule has 0 radical (unpaired) electrons. The van der Waals surface area contributed by atoms with E-state index in [4.69, 9.17) is 28.9 Å². The maximum atomic E-state index is 9.92. The maximum absolute atomic E-state index is 9.92. The second-order valence-corrected chi connectivity index (χ2v) is 9.16. The van der Waals surface area contributed by atoms with E-state index in [2.05, 4.69) is 26.3 Å². The number of aryl methyl sites for hydroxylation is 1. The van der Waals surface area contributed by atoms with Crippen molar-refractivity contribution in [3.8, 4) is 17.1 Å². The predicted molar refractivity (Wildman–Crippen MR) is 134 cm³/mol. The number of hydrazine groups is 1. The van der Waals surface area contributed by atoms with Gasteiger partial charge in [0.05, 0.1) is 16.4 Å². The van der Waals surface area contributed by atoms with Crippen LogP contribution in [0.1, 0.15) is 30.7 Å². The van der Waals surface area contributed by atoms with Crippen LogP contribution in [-0.4, -0.2) is 34.1 Å². The highest BCUT2D eigenvalue weighted by Crippen LogP contribution is 2.33. The Morgan fingerprint density at radius 3 is 2.41 bits per heavy atom. The molecule has 2 heterocycles.